The predicted octanol–water partition coefficient (Wildman–Crippen LogP) is 2.07. The average Bonchev–Trinajstić information content (AvgIpc) is 3.39. The summed E-state index contributed by atoms with van der Waals surface area (Å²) in [5, 5.41) is 42.4. The summed E-state index contributed by atoms with van der Waals surface area (Å²) in [6, 6.07) is 0. The number of fused-ring (bicyclic) bond motifs is 5. The van der Waals surface area contributed by atoms with Crippen LogP contribution < -0.4 is 0 Å². The van der Waals surface area contributed by atoms with Crippen LogP contribution in [0.15, 0.2) is 11.6 Å². The number of aliphatic hydroxyl groups excluding tert-OH is 3. The van der Waals surface area contributed by atoms with E-state index in [4.69, 9.17) is 14.2 Å². The van der Waals surface area contributed by atoms with Gasteiger partial charge in [-0.25, -0.2) is 4.79 Å². The monoisotopic (exact) mass is 506 g/mol. The van der Waals surface area contributed by atoms with Crippen LogP contribution in [0.4, 0.5) is 0 Å². The lowest BCUT2D eigenvalue weighted by atomic mass is 9.43. The maximum Gasteiger partial charge on any atom is 0.331 e. The summed E-state index contributed by atoms with van der Waals surface area (Å²) in [5.74, 6) is 1.15. The Bertz CT molecular complexity index is 921. The molecule has 0 aromatic rings. The summed E-state index contributed by atoms with van der Waals surface area (Å²) in [6.07, 6.45) is 5.63. The van der Waals surface area contributed by atoms with Crippen LogP contribution in [0.25, 0.3) is 0 Å². The Morgan fingerprint density at radius 2 is 1.78 bits per heavy atom. The van der Waals surface area contributed by atoms with Gasteiger partial charge in [-0.05, 0) is 92.4 Å². The summed E-state index contributed by atoms with van der Waals surface area (Å²) in [5.41, 5.74) is 0.257. The molecule has 5 fully saturated rings. The van der Waals surface area contributed by atoms with Crippen LogP contribution in [0.5, 0.6) is 0 Å². The second kappa shape index (κ2) is 8.75. The highest BCUT2D eigenvalue weighted by atomic mass is 16.7. The van der Waals surface area contributed by atoms with Gasteiger partial charge in [-0.3, -0.25) is 0 Å². The lowest BCUT2D eigenvalue weighted by Crippen LogP contribution is -2.62. The first-order valence-electron chi connectivity index (χ1n) is 14.0. The topological polar surface area (TPSA) is 126 Å². The van der Waals surface area contributed by atoms with Crippen molar-refractivity contribution in [3.8, 4) is 0 Å². The molecular formula is C28H42O8. The number of aliphatic hydroxyl groups is 4. The maximum atomic E-state index is 12.3. The molecule has 6 rings (SSSR count). The standard InChI is InChI=1S/C28H42O8/c1-26-8-5-17(36-25-24(32)23(31)21(29)14-35-25)12-16(26)3-4-20-19(26)6-9-27(2)18(7-10-28(20,27)33)15-11-22(30)34-13-15/h11,16-21,23-25,29,31-33H,3-10,12-14H2,1-2H3. The minimum Gasteiger partial charge on any atom is -0.458 e. The molecular weight excluding hydrogens is 464 g/mol. The Balaban J connectivity index is 1.16. The van der Waals surface area contributed by atoms with Gasteiger partial charge in [0.2, 0.25) is 0 Å². The molecule has 0 radical (unpaired) electrons. The van der Waals surface area contributed by atoms with Gasteiger partial charge in [-0.1, -0.05) is 13.8 Å². The first-order chi connectivity index (χ1) is 17.1. The average molecular weight is 507 g/mol. The van der Waals surface area contributed by atoms with Gasteiger partial charge in [0.05, 0.1) is 18.3 Å². The fourth-order valence-corrected chi connectivity index (χ4v) is 9.58. The minimum atomic E-state index is -1.26. The summed E-state index contributed by atoms with van der Waals surface area (Å²) in [7, 11) is 0. The van der Waals surface area contributed by atoms with Crippen molar-refractivity contribution in [1.29, 1.82) is 0 Å². The summed E-state index contributed by atoms with van der Waals surface area (Å²) in [6.45, 7) is 5.00. The van der Waals surface area contributed by atoms with Crippen molar-refractivity contribution in [1.82, 2.24) is 0 Å². The molecule has 4 N–H and O–H groups in total. The van der Waals surface area contributed by atoms with Gasteiger partial charge in [0.1, 0.15) is 24.9 Å². The smallest absolute Gasteiger partial charge is 0.331 e. The molecule has 0 spiro atoms. The Hall–Kier alpha value is -1.03. The summed E-state index contributed by atoms with van der Waals surface area (Å²) < 4.78 is 16.9. The quantitative estimate of drug-likeness (QED) is 0.339. The van der Waals surface area contributed by atoms with Gasteiger partial charge >= 0.3 is 5.97 Å². The Kier molecular flexibility index (Phi) is 6.14. The Morgan fingerprint density at radius 1 is 0.972 bits per heavy atom. The molecule has 8 nitrogen and oxygen atoms in total. The highest BCUT2D eigenvalue weighted by Gasteiger charge is 2.67. The molecule has 4 aliphatic carbocycles. The minimum absolute atomic E-state index is 0.0456. The molecule has 2 heterocycles. The zero-order valence-corrected chi connectivity index (χ0v) is 21.5. The van der Waals surface area contributed by atoms with Crippen molar-refractivity contribution >= 4 is 5.97 Å². The van der Waals surface area contributed by atoms with E-state index in [9.17, 15) is 25.2 Å². The van der Waals surface area contributed by atoms with E-state index in [0.29, 0.717) is 18.4 Å². The molecule has 0 amide bonds. The highest BCUT2D eigenvalue weighted by molar-refractivity contribution is 5.85. The van der Waals surface area contributed by atoms with Crippen LogP contribution >= 0.6 is 0 Å². The highest BCUT2D eigenvalue weighted by Crippen LogP contribution is 2.70. The Labute approximate surface area is 213 Å². The third-order valence-electron chi connectivity index (χ3n) is 11.7. The maximum absolute atomic E-state index is 12.3. The van der Waals surface area contributed by atoms with Gasteiger partial charge in [0.15, 0.2) is 6.29 Å². The van der Waals surface area contributed by atoms with Gasteiger partial charge in [-0.15, -0.1) is 0 Å². The number of cyclic esters (lactones) is 1. The molecule has 4 saturated carbocycles. The summed E-state index contributed by atoms with van der Waals surface area (Å²) >= 11 is 0. The van der Waals surface area contributed by atoms with E-state index in [1.165, 1.54) is 0 Å². The van der Waals surface area contributed by atoms with E-state index < -0.39 is 30.2 Å². The van der Waals surface area contributed by atoms with E-state index in [1.807, 2.05) is 0 Å². The lowest BCUT2D eigenvalue weighted by molar-refractivity contribution is -0.290. The number of esters is 1. The molecule has 0 aromatic carbocycles. The number of hydrogen-bond acceptors (Lipinski definition) is 8. The third-order valence-corrected chi connectivity index (χ3v) is 11.7. The van der Waals surface area contributed by atoms with Crippen LogP contribution in [-0.2, 0) is 19.0 Å². The molecule has 1 saturated heterocycles. The van der Waals surface area contributed by atoms with Crippen LogP contribution in [0.3, 0.4) is 0 Å². The normalized spacial score (nSPS) is 54.8. The van der Waals surface area contributed by atoms with Gasteiger partial charge in [-0.2, -0.15) is 0 Å². The molecule has 12 unspecified atom stereocenters. The first kappa shape index (κ1) is 25.3. The fourth-order valence-electron chi connectivity index (χ4n) is 9.58. The van der Waals surface area contributed by atoms with Crippen molar-refractivity contribution in [2.75, 3.05) is 13.2 Å². The van der Waals surface area contributed by atoms with Crippen molar-refractivity contribution in [3.05, 3.63) is 11.6 Å². The van der Waals surface area contributed by atoms with Crippen molar-refractivity contribution < 1.29 is 39.4 Å². The Morgan fingerprint density at radius 3 is 2.53 bits per heavy atom. The SMILES string of the molecule is CC12CCC(OC3OCC(O)C(O)C3O)CC1CCC1C2CCC2(C)C(C3=CC(=O)OC3)CCC12O. The molecule has 6 aliphatic rings. The molecule has 0 bridgehead atoms. The zero-order chi connectivity index (χ0) is 25.5. The van der Waals surface area contributed by atoms with Crippen LogP contribution in [-0.4, -0.2) is 75.9 Å². The first-order valence-corrected chi connectivity index (χ1v) is 14.0. The number of carbonyl (C=O) groups is 1. The lowest BCUT2D eigenvalue weighted by Gasteiger charge is -2.64. The molecule has 2 aliphatic heterocycles. The molecule has 8 heteroatoms. The van der Waals surface area contributed by atoms with Gasteiger partial charge in [0, 0.05) is 11.5 Å². The van der Waals surface area contributed by atoms with Gasteiger partial charge < -0.3 is 34.6 Å². The van der Waals surface area contributed by atoms with Crippen molar-refractivity contribution in [2.24, 2.45) is 34.5 Å². The molecule has 12 atom stereocenters. The molecule has 0 aromatic heterocycles. The predicted molar refractivity (Wildman–Crippen MR) is 128 cm³/mol. The van der Waals surface area contributed by atoms with Crippen LogP contribution in [0.1, 0.15) is 71.6 Å². The number of hydrogen-bond donors (Lipinski definition) is 4. The molecule has 36 heavy (non-hydrogen) atoms. The molecule has 202 valence electrons. The van der Waals surface area contributed by atoms with E-state index in [0.717, 1.165) is 63.4 Å². The zero-order valence-electron chi connectivity index (χ0n) is 21.5. The number of ether oxygens (including phenoxy) is 3. The third kappa shape index (κ3) is 3.58. The van der Waals surface area contributed by atoms with E-state index >= 15 is 0 Å². The van der Waals surface area contributed by atoms with E-state index in [1.54, 1.807) is 6.08 Å². The fraction of sp³-hybridized carbons (Fsp3) is 0.893. The number of carbonyl (C=O) groups excluding carboxylic acids is 1. The van der Waals surface area contributed by atoms with Crippen molar-refractivity contribution in [2.45, 2.75) is 108 Å². The number of rotatable bonds is 3. The van der Waals surface area contributed by atoms with Crippen LogP contribution in [0, 0.1) is 34.5 Å². The van der Waals surface area contributed by atoms with Crippen LogP contribution in [0.2, 0.25) is 0 Å². The van der Waals surface area contributed by atoms with Gasteiger partial charge in [0.25, 0.3) is 0 Å². The summed E-state index contributed by atoms with van der Waals surface area (Å²) in [4.78, 5) is 11.8. The largest absolute Gasteiger partial charge is 0.458 e. The second-order valence-corrected chi connectivity index (χ2v) is 13.1. The second-order valence-electron chi connectivity index (χ2n) is 13.1. The van der Waals surface area contributed by atoms with E-state index in [2.05, 4.69) is 13.8 Å². The van der Waals surface area contributed by atoms with E-state index in [-0.39, 0.29) is 41.3 Å². The van der Waals surface area contributed by atoms with Crippen molar-refractivity contribution in [3.63, 3.8) is 0 Å².